The molecule has 0 saturated heterocycles. The summed E-state index contributed by atoms with van der Waals surface area (Å²) in [5, 5.41) is 19.9. The predicted octanol–water partition coefficient (Wildman–Crippen LogP) is 4.81. The number of hydrogen-bond acceptors (Lipinski definition) is 8. The number of azo groups is 1. The van der Waals surface area contributed by atoms with E-state index in [1.54, 1.807) is 38.1 Å². The third-order valence-electron chi connectivity index (χ3n) is 5.24. The van der Waals surface area contributed by atoms with E-state index in [-0.39, 0.29) is 27.9 Å². The first-order valence-corrected chi connectivity index (χ1v) is 12.6. The van der Waals surface area contributed by atoms with Crippen molar-refractivity contribution in [2.24, 2.45) is 10.2 Å². The molecule has 4 aromatic carbocycles. The monoisotopic (exact) mass is 501 g/mol. The second-order valence-electron chi connectivity index (χ2n) is 7.82. The summed E-state index contributed by atoms with van der Waals surface area (Å²) < 4.78 is 67.1. The highest BCUT2D eigenvalue weighted by atomic mass is 32.2. The minimum absolute atomic E-state index is 0.0585. The number of nitrogen functional groups attached to an aromatic ring is 1. The lowest BCUT2D eigenvalue weighted by molar-refractivity contribution is 0.481. The van der Waals surface area contributed by atoms with Crippen molar-refractivity contribution in [1.82, 2.24) is 0 Å². The summed E-state index contributed by atoms with van der Waals surface area (Å²) in [7, 11) is -9.41. The highest BCUT2D eigenvalue weighted by Crippen LogP contribution is 2.41. The minimum Gasteiger partial charge on any atom is -0.505 e. The third kappa shape index (κ3) is 4.31. The first kappa shape index (κ1) is 23.6. The van der Waals surface area contributed by atoms with Crippen molar-refractivity contribution in [1.29, 1.82) is 0 Å². The van der Waals surface area contributed by atoms with Gasteiger partial charge in [0.05, 0.1) is 10.6 Å². The van der Waals surface area contributed by atoms with Crippen LogP contribution in [-0.4, -0.2) is 31.0 Å². The Balaban J connectivity index is 2.04. The number of nitrogens with two attached hydrogens (primary N) is 1. The number of benzene rings is 4. The zero-order valence-corrected chi connectivity index (χ0v) is 19.5. The normalized spacial score (nSPS) is 12.7. The quantitative estimate of drug-likeness (QED) is 0.175. The molecule has 10 nitrogen and oxygen atoms in total. The number of phenols is 1. The van der Waals surface area contributed by atoms with Crippen LogP contribution in [0.3, 0.4) is 0 Å². The summed E-state index contributed by atoms with van der Waals surface area (Å²) in [4.78, 5) is -1.05. The molecule has 0 saturated carbocycles. The van der Waals surface area contributed by atoms with Gasteiger partial charge in [-0.1, -0.05) is 6.07 Å². The van der Waals surface area contributed by atoms with Crippen LogP contribution in [0.15, 0.2) is 68.6 Å². The lowest BCUT2D eigenvalue weighted by Gasteiger charge is -2.11. The summed E-state index contributed by atoms with van der Waals surface area (Å²) in [6, 6.07) is 11.3. The standard InChI is InChI=1S/C22H19N3O7S2/c1-11-5-14-9-16(33(27,28)29)10-18(20(14)19(6-11)34(30,31)32)24-25-21-12(2)7-13-8-15(23)3-4-17(13)22(21)26/h3-10,26H,23H2,1-2H3,(H,27,28,29)(H,30,31,32). The Labute approximate surface area is 194 Å². The molecule has 34 heavy (non-hydrogen) atoms. The van der Waals surface area contributed by atoms with E-state index in [0.717, 1.165) is 12.1 Å². The Morgan fingerprint density at radius 3 is 2.18 bits per heavy atom. The van der Waals surface area contributed by atoms with Crippen LogP contribution in [0.5, 0.6) is 5.75 Å². The zero-order chi connectivity index (χ0) is 25.0. The second kappa shape index (κ2) is 8.02. The van der Waals surface area contributed by atoms with Gasteiger partial charge < -0.3 is 10.8 Å². The van der Waals surface area contributed by atoms with Gasteiger partial charge in [-0.05, 0) is 78.2 Å². The number of rotatable bonds is 4. The van der Waals surface area contributed by atoms with Gasteiger partial charge in [0.15, 0.2) is 5.75 Å². The number of hydrogen-bond donors (Lipinski definition) is 4. The van der Waals surface area contributed by atoms with Crippen molar-refractivity contribution >= 4 is 58.8 Å². The number of aryl methyl sites for hydroxylation is 2. The van der Waals surface area contributed by atoms with E-state index in [0.29, 0.717) is 27.6 Å². The molecule has 4 rings (SSSR count). The Bertz CT molecular complexity index is 1750. The lowest BCUT2D eigenvalue weighted by Crippen LogP contribution is -2.02. The van der Waals surface area contributed by atoms with Crippen molar-refractivity contribution in [2.75, 3.05) is 5.73 Å². The highest BCUT2D eigenvalue weighted by molar-refractivity contribution is 7.86. The molecule has 0 radical (unpaired) electrons. The summed E-state index contributed by atoms with van der Waals surface area (Å²) in [5.41, 5.74) is 7.03. The summed E-state index contributed by atoms with van der Waals surface area (Å²) in [6.45, 7) is 3.22. The number of nitrogens with zero attached hydrogens (tertiary/aromatic N) is 2. The van der Waals surface area contributed by atoms with Crippen LogP contribution in [0.1, 0.15) is 11.1 Å². The van der Waals surface area contributed by atoms with Crippen molar-refractivity contribution in [3.05, 3.63) is 59.7 Å². The van der Waals surface area contributed by atoms with Crippen LogP contribution in [0, 0.1) is 13.8 Å². The van der Waals surface area contributed by atoms with Gasteiger partial charge in [0, 0.05) is 16.5 Å². The van der Waals surface area contributed by atoms with Crippen LogP contribution < -0.4 is 5.73 Å². The molecule has 0 aliphatic heterocycles. The molecule has 4 aromatic rings. The lowest BCUT2D eigenvalue weighted by atomic mass is 10.0. The molecular weight excluding hydrogens is 482 g/mol. The molecule has 0 fully saturated rings. The maximum absolute atomic E-state index is 12.1. The van der Waals surface area contributed by atoms with Crippen LogP contribution in [0.4, 0.5) is 17.1 Å². The van der Waals surface area contributed by atoms with Crippen LogP contribution in [-0.2, 0) is 20.2 Å². The molecule has 0 amide bonds. The molecule has 0 aliphatic carbocycles. The number of phenolic OH excluding ortho intramolecular Hbond substituents is 1. The fourth-order valence-electron chi connectivity index (χ4n) is 3.76. The number of fused-ring (bicyclic) bond motifs is 2. The average molecular weight is 502 g/mol. The van der Waals surface area contributed by atoms with E-state index >= 15 is 0 Å². The smallest absolute Gasteiger partial charge is 0.295 e. The summed E-state index contributed by atoms with van der Waals surface area (Å²) in [6.07, 6.45) is 0. The first-order chi connectivity index (χ1) is 15.8. The van der Waals surface area contributed by atoms with Gasteiger partial charge in [-0.3, -0.25) is 9.11 Å². The maximum atomic E-state index is 12.1. The molecule has 5 N–H and O–H groups in total. The number of anilines is 1. The van der Waals surface area contributed by atoms with Gasteiger partial charge in [0.2, 0.25) is 0 Å². The highest BCUT2D eigenvalue weighted by Gasteiger charge is 2.22. The van der Waals surface area contributed by atoms with Crippen molar-refractivity contribution < 1.29 is 31.0 Å². The summed E-state index contributed by atoms with van der Waals surface area (Å²) in [5.74, 6) is -0.208. The SMILES string of the molecule is Cc1cc(S(=O)(=O)O)c2c(N=Nc3c(C)cc4cc(N)ccc4c3O)cc(S(=O)(=O)O)cc2c1. The second-order valence-corrected chi connectivity index (χ2v) is 10.6. The van der Waals surface area contributed by atoms with E-state index in [1.165, 1.54) is 12.1 Å². The van der Waals surface area contributed by atoms with Crippen LogP contribution >= 0.6 is 0 Å². The minimum atomic E-state index is -4.73. The average Bonchev–Trinajstić information content (AvgIpc) is 2.70. The first-order valence-electron chi connectivity index (χ1n) is 9.72. The molecule has 176 valence electrons. The van der Waals surface area contributed by atoms with E-state index in [1.807, 2.05) is 0 Å². The van der Waals surface area contributed by atoms with Gasteiger partial charge in [0.1, 0.15) is 10.6 Å². The molecule has 0 heterocycles. The topological polar surface area (TPSA) is 180 Å². The van der Waals surface area contributed by atoms with Gasteiger partial charge in [-0.2, -0.15) is 16.8 Å². The largest absolute Gasteiger partial charge is 0.505 e. The number of aromatic hydroxyl groups is 1. The zero-order valence-electron chi connectivity index (χ0n) is 17.9. The molecule has 0 spiro atoms. The van der Waals surface area contributed by atoms with Gasteiger partial charge >= 0.3 is 0 Å². The summed E-state index contributed by atoms with van der Waals surface area (Å²) >= 11 is 0. The van der Waals surface area contributed by atoms with E-state index in [4.69, 9.17) is 5.73 Å². The predicted molar refractivity (Wildman–Crippen MR) is 127 cm³/mol. The third-order valence-corrected chi connectivity index (χ3v) is 6.95. The van der Waals surface area contributed by atoms with Gasteiger partial charge in [0.25, 0.3) is 20.2 Å². The Kier molecular flexibility index (Phi) is 5.56. The van der Waals surface area contributed by atoms with E-state index < -0.39 is 30.0 Å². The van der Waals surface area contributed by atoms with Gasteiger partial charge in [-0.25, -0.2) is 0 Å². The van der Waals surface area contributed by atoms with Crippen molar-refractivity contribution in [3.63, 3.8) is 0 Å². The molecule has 0 bridgehead atoms. The molecule has 0 aromatic heterocycles. The maximum Gasteiger partial charge on any atom is 0.295 e. The Morgan fingerprint density at radius 2 is 1.53 bits per heavy atom. The molecule has 0 aliphatic rings. The Hall–Kier alpha value is -3.58. The van der Waals surface area contributed by atoms with Gasteiger partial charge in [-0.15, -0.1) is 10.2 Å². The van der Waals surface area contributed by atoms with Crippen LogP contribution in [0.2, 0.25) is 0 Å². The Morgan fingerprint density at radius 1 is 0.824 bits per heavy atom. The van der Waals surface area contributed by atoms with Crippen molar-refractivity contribution in [2.45, 2.75) is 23.6 Å². The molecule has 0 unspecified atom stereocenters. The van der Waals surface area contributed by atoms with Crippen LogP contribution in [0.25, 0.3) is 21.5 Å². The fraction of sp³-hybridized carbons (Fsp3) is 0.0909. The fourth-order valence-corrected chi connectivity index (χ4v) is 5.12. The van der Waals surface area contributed by atoms with Crippen molar-refractivity contribution in [3.8, 4) is 5.75 Å². The molecule has 12 heteroatoms. The molecular formula is C22H19N3O7S2. The van der Waals surface area contributed by atoms with E-state index in [9.17, 15) is 31.0 Å². The van der Waals surface area contributed by atoms with E-state index in [2.05, 4.69) is 10.2 Å². The molecule has 0 atom stereocenters.